The summed E-state index contributed by atoms with van der Waals surface area (Å²) in [4.78, 5) is 26.7. The summed E-state index contributed by atoms with van der Waals surface area (Å²) in [5.41, 5.74) is 0.405. The third-order valence-corrected chi connectivity index (χ3v) is 9.66. The molecule has 1 unspecified atom stereocenters. The van der Waals surface area contributed by atoms with Gasteiger partial charge in [0.25, 0.3) is 11.6 Å². The second kappa shape index (κ2) is 13.5. The van der Waals surface area contributed by atoms with Gasteiger partial charge in [-0.2, -0.15) is 4.98 Å². The number of phenols is 1. The Bertz CT molecular complexity index is 1480. The number of nitrogens with zero attached hydrogens (tertiary/aromatic N) is 3. The van der Waals surface area contributed by atoms with Crippen LogP contribution < -0.4 is 15.6 Å². The van der Waals surface area contributed by atoms with Crippen LogP contribution in [0.2, 0.25) is 5.02 Å². The third-order valence-electron chi connectivity index (χ3n) is 9.32. The molecule has 0 aliphatic carbocycles. The standard InChI is InChI=1S/C32H41ClFN5O4/c33-26-17-21(40)16-24(23(26)9-2-1-5-15-42-22-8-3-4-12-35-18-22)28-27(34)29-25(19-36-28)30(41)38-31(37-29)43-20-32-10-6-13-39(32)14-7-11-32/h16-17,19,22,35,40H,1-15,18,20H2,(H,37,38,41). The number of phenolic OH excluding ortho intramolecular Hbond substituents is 1. The van der Waals surface area contributed by atoms with E-state index >= 15 is 4.39 Å². The van der Waals surface area contributed by atoms with Crippen LogP contribution in [0.25, 0.3) is 22.2 Å². The highest BCUT2D eigenvalue weighted by molar-refractivity contribution is 6.32. The van der Waals surface area contributed by atoms with Crippen LogP contribution in [0, 0.1) is 5.82 Å². The first-order valence-corrected chi connectivity index (χ1v) is 16.1. The summed E-state index contributed by atoms with van der Waals surface area (Å²) >= 11 is 6.57. The fourth-order valence-electron chi connectivity index (χ4n) is 7.01. The predicted octanol–water partition coefficient (Wildman–Crippen LogP) is 5.36. The van der Waals surface area contributed by atoms with Gasteiger partial charge < -0.3 is 19.9 Å². The molecule has 3 N–H and O–H groups in total. The van der Waals surface area contributed by atoms with Crippen molar-refractivity contribution in [2.24, 2.45) is 0 Å². The van der Waals surface area contributed by atoms with E-state index in [1.165, 1.54) is 31.2 Å². The van der Waals surface area contributed by atoms with Crippen molar-refractivity contribution in [1.82, 2.24) is 25.2 Å². The van der Waals surface area contributed by atoms with E-state index in [0.29, 0.717) is 35.8 Å². The Labute approximate surface area is 256 Å². The SMILES string of the molecule is O=c1[nH]c(OCC23CCCN2CCC3)nc2c(F)c(-c3cc(O)cc(Cl)c3CCCCCOC3CCCCNC3)ncc12. The monoisotopic (exact) mass is 613 g/mol. The van der Waals surface area contributed by atoms with Gasteiger partial charge in [0.2, 0.25) is 0 Å². The summed E-state index contributed by atoms with van der Waals surface area (Å²) in [5, 5.41) is 14.2. The van der Waals surface area contributed by atoms with E-state index < -0.39 is 11.4 Å². The van der Waals surface area contributed by atoms with Crippen LogP contribution in [0.3, 0.4) is 0 Å². The van der Waals surface area contributed by atoms with Crippen LogP contribution in [0.1, 0.15) is 69.8 Å². The van der Waals surface area contributed by atoms with Gasteiger partial charge in [0.1, 0.15) is 23.6 Å². The quantitative estimate of drug-likeness (QED) is 0.248. The van der Waals surface area contributed by atoms with Gasteiger partial charge in [-0.3, -0.25) is 19.7 Å². The molecular weight excluding hydrogens is 573 g/mol. The molecule has 43 heavy (non-hydrogen) atoms. The highest BCUT2D eigenvalue weighted by Crippen LogP contribution is 2.39. The van der Waals surface area contributed by atoms with Gasteiger partial charge in [0.15, 0.2) is 5.82 Å². The van der Waals surface area contributed by atoms with Crippen LogP contribution in [-0.2, 0) is 11.2 Å². The smallest absolute Gasteiger partial charge is 0.297 e. The minimum absolute atomic E-state index is 0.00214. The van der Waals surface area contributed by atoms with Gasteiger partial charge in [-0.1, -0.05) is 18.0 Å². The van der Waals surface area contributed by atoms with E-state index in [-0.39, 0.29) is 40.0 Å². The highest BCUT2D eigenvalue weighted by Gasteiger charge is 2.45. The van der Waals surface area contributed by atoms with E-state index in [9.17, 15) is 9.90 Å². The molecule has 0 radical (unpaired) electrons. The molecule has 2 aromatic heterocycles. The zero-order chi connectivity index (χ0) is 29.8. The van der Waals surface area contributed by atoms with Gasteiger partial charge in [-0.05, 0) is 102 Å². The first-order chi connectivity index (χ1) is 20.9. The van der Waals surface area contributed by atoms with Crippen molar-refractivity contribution >= 4 is 22.5 Å². The molecule has 1 atom stereocenters. The molecule has 5 heterocycles. The summed E-state index contributed by atoms with van der Waals surface area (Å²) in [7, 11) is 0. The summed E-state index contributed by atoms with van der Waals surface area (Å²) < 4.78 is 28.2. The van der Waals surface area contributed by atoms with Gasteiger partial charge >= 0.3 is 0 Å². The largest absolute Gasteiger partial charge is 0.508 e. The van der Waals surface area contributed by atoms with Crippen molar-refractivity contribution in [3.05, 3.63) is 45.1 Å². The molecule has 0 spiro atoms. The summed E-state index contributed by atoms with van der Waals surface area (Å²) in [6.07, 6.45) is 12.6. The van der Waals surface area contributed by atoms with E-state index in [1.54, 1.807) is 0 Å². The Hall–Kier alpha value is -2.79. The number of unbranched alkanes of at least 4 members (excludes halogenated alkanes) is 2. The molecule has 3 aliphatic rings. The maximum atomic E-state index is 16.1. The molecule has 0 saturated carbocycles. The zero-order valence-electron chi connectivity index (χ0n) is 24.6. The Kier molecular flexibility index (Phi) is 9.47. The number of nitrogens with one attached hydrogen (secondary N) is 2. The molecule has 3 aliphatic heterocycles. The van der Waals surface area contributed by atoms with Crippen molar-refractivity contribution < 1.29 is 19.0 Å². The number of halogens is 2. The first-order valence-electron chi connectivity index (χ1n) is 15.7. The van der Waals surface area contributed by atoms with E-state index in [2.05, 4.69) is 25.2 Å². The van der Waals surface area contributed by atoms with Crippen molar-refractivity contribution in [2.75, 3.05) is 39.4 Å². The van der Waals surface area contributed by atoms with Crippen molar-refractivity contribution in [1.29, 1.82) is 0 Å². The lowest BCUT2D eigenvalue weighted by Crippen LogP contribution is -2.43. The number of pyridine rings is 1. The maximum Gasteiger partial charge on any atom is 0.297 e. The lowest BCUT2D eigenvalue weighted by molar-refractivity contribution is 0.0483. The number of rotatable bonds is 11. The summed E-state index contributed by atoms with van der Waals surface area (Å²) in [6, 6.07) is 2.93. The van der Waals surface area contributed by atoms with Crippen LogP contribution >= 0.6 is 11.6 Å². The van der Waals surface area contributed by atoms with Crippen LogP contribution in [0.5, 0.6) is 11.8 Å². The fraction of sp³-hybridized carbons (Fsp3) is 0.594. The molecule has 3 saturated heterocycles. The van der Waals surface area contributed by atoms with Gasteiger partial charge in [0.05, 0.1) is 17.0 Å². The normalized spacial score (nSPS) is 20.4. The number of fused-ring (bicyclic) bond motifs is 2. The molecule has 11 heteroatoms. The first kappa shape index (κ1) is 30.2. The lowest BCUT2D eigenvalue weighted by Gasteiger charge is -2.31. The second-order valence-electron chi connectivity index (χ2n) is 12.2. The Balaban J connectivity index is 1.17. The van der Waals surface area contributed by atoms with Gasteiger partial charge in [0, 0.05) is 29.9 Å². The van der Waals surface area contributed by atoms with Gasteiger partial charge in [-0.15, -0.1) is 0 Å². The number of H-pyrrole nitrogens is 1. The Morgan fingerprint density at radius 2 is 1.98 bits per heavy atom. The van der Waals surface area contributed by atoms with Crippen LogP contribution in [-0.4, -0.2) is 76.0 Å². The average molecular weight is 614 g/mol. The fourth-order valence-corrected chi connectivity index (χ4v) is 7.32. The van der Waals surface area contributed by atoms with Crippen LogP contribution in [0.4, 0.5) is 4.39 Å². The molecule has 232 valence electrons. The summed E-state index contributed by atoms with van der Waals surface area (Å²) in [6.45, 7) is 5.17. The third kappa shape index (κ3) is 6.67. The molecular formula is C32H41ClFN5O4. The molecule has 9 nitrogen and oxygen atoms in total. The van der Waals surface area contributed by atoms with E-state index in [0.717, 1.165) is 77.5 Å². The second-order valence-corrected chi connectivity index (χ2v) is 12.6. The number of hydrogen-bond acceptors (Lipinski definition) is 8. The minimum Gasteiger partial charge on any atom is -0.508 e. The maximum absolute atomic E-state index is 16.1. The lowest BCUT2D eigenvalue weighted by atomic mass is 9.95. The van der Waals surface area contributed by atoms with Gasteiger partial charge in [-0.25, -0.2) is 4.39 Å². The van der Waals surface area contributed by atoms with Crippen molar-refractivity contribution in [3.63, 3.8) is 0 Å². The minimum atomic E-state index is -0.747. The topological polar surface area (TPSA) is 113 Å². The average Bonchev–Trinajstić information content (AvgIpc) is 3.46. The van der Waals surface area contributed by atoms with E-state index in [1.807, 2.05) is 0 Å². The molecule has 3 aromatic rings. The number of benzene rings is 1. The zero-order valence-corrected chi connectivity index (χ0v) is 25.4. The molecule has 3 fully saturated rings. The Morgan fingerprint density at radius 1 is 1.14 bits per heavy atom. The molecule has 0 bridgehead atoms. The van der Waals surface area contributed by atoms with Crippen molar-refractivity contribution in [2.45, 2.75) is 82.3 Å². The predicted molar refractivity (Wildman–Crippen MR) is 165 cm³/mol. The Morgan fingerprint density at radius 3 is 2.81 bits per heavy atom. The number of hydrogen-bond donors (Lipinski definition) is 3. The van der Waals surface area contributed by atoms with Crippen LogP contribution in [0.15, 0.2) is 23.1 Å². The number of aromatic nitrogens is 3. The molecule has 6 rings (SSSR count). The van der Waals surface area contributed by atoms with Crippen molar-refractivity contribution in [3.8, 4) is 23.0 Å². The molecule has 0 amide bonds. The molecule has 1 aromatic carbocycles. The number of ether oxygens (including phenoxy) is 2. The highest BCUT2D eigenvalue weighted by atomic mass is 35.5. The summed E-state index contributed by atoms with van der Waals surface area (Å²) in [5.74, 6) is -0.835. The van der Waals surface area contributed by atoms with E-state index in [4.69, 9.17) is 21.1 Å². The number of aromatic amines is 1. The number of aromatic hydroxyl groups is 1.